The van der Waals surface area contributed by atoms with Gasteiger partial charge in [-0.05, 0) is 62.6 Å². The standard InChI is InChI=1S/C20H28N4O3S/c1-13-10-14(2)19(15(3)11-13)28(26,27)24-18(12-22)20(25)23-17-6-4-16(5-7-17)8-9-21/h4-7,10-11,18,24H,8-9,12,21-22H2,1-3H3,(H,23,25). The zero-order valence-electron chi connectivity index (χ0n) is 16.5. The summed E-state index contributed by atoms with van der Waals surface area (Å²) >= 11 is 0. The predicted molar refractivity (Wildman–Crippen MR) is 112 cm³/mol. The van der Waals surface area contributed by atoms with E-state index in [0.29, 0.717) is 23.4 Å². The van der Waals surface area contributed by atoms with Crippen molar-refractivity contribution in [3.05, 3.63) is 58.7 Å². The van der Waals surface area contributed by atoms with Crippen molar-refractivity contribution >= 4 is 21.6 Å². The van der Waals surface area contributed by atoms with Crippen LogP contribution in [0, 0.1) is 20.8 Å². The molecule has 0 fully saturated rings. The van der Waals surface area contributed by atoms with Crippen molar-refractivity contribution in [1.29, 1.82) is 0 Å². The van der Waals surface area contributed by atoms with Crippen LogP contribution in [0.2, 0.25) is 0 Å². The maximum absolute atomic E-state index is 12.9. The number of nitrogens with two attached hydrogens (primary N) is 2. The van der Waals surface area contributed by atoms with Gasteiger partial charge >= 0.3 is 0 Å². The van der Waals surface area contributed by atoms with Gasteiger partial charge in [0.1, 0.15) is 6.04 Å². The minimum Gasteiger partial charge on any atom is -0.330 e. The molecule has 1 amide bonds. The summed E-state index contributed by atoms with van der Waals surface area (Å²) in [5.74, 6) is -0.514. The molecule has 2 aromatic carbocycles. The first-order valence-electron chi connectivity index (χ1n) is 9.08. The molecule has 7 nitrogen and oxygen atoms in total. The Morgan fingerprint density at radius 3 is 2.11 bits per heavy atom. The molecule has 0 radical (unpaired) electrons. The summed E-state index contributed by atoms with van der Waals surface area (Å²) in [5, 5.41) is 2.70. The van der Waals surface area contributed by atoms with Crippen LogP contribution in [0.1, 0.15) is 22.3 Å². The highest BCUT2D eigenvalue weighted by molar-refractivity contribution is 7.89. The van der Waals surface area contributed by atoms with Crippen LogP contribution in [0.15, 0.2) is 41.3 Å². The van der Waals surface area contributed by atoms with Crippen LogP contribution in [0.4, 0.5) is 5.69 Å². The van der Waals surface area contributed by atoms with Gasteiger partial charge in [0, 0.05) is 12.2 Å². The maximum atomic E-state index is 12.9. The molecule has 0 bridgehead atoms. The van der Waals surface area contributed by atoms with Gasteiger partial charge in [-0.1, -0.05) is 29.8 Å². The average molecular weight is 405 g/mol. The average Bonchev–Trinajstić information content (AvgIpc) is 2.60. The first-order chi connectivity index (χ1) is 13.2. The number of nitrogens with one attached hydrogen (secondary N) is 2. The molecule has 2 rings (SSSR count). The van der Waals surface area contributed by atoms with E-state index in [-0.39, 0.29) is 11.4 Å². The smallest absolute Gasteiger partial charge is 0.243 e. The zero-order valence-corrected chi connectivity index (χ0v) is 17.3. The second-order valence-electron chi connectivity index (χ2n) is 6.86. The number of hydrogen-bond acceptors (Lipinski definition) is 5. The van der Waals surface area contributed by atoms with E-state index in [1.54, 1.807) is 38.1 Å². The van der Waals surface area contributed by atoms with Crippen LogP contribution in [0.25, 0.3) is 0 Å². The van der Waals surface area contributed by atoms with Crippen LogP contribution in [-0.4, -0.2) is 33.5 Å². The van der Waals surface area contributed by atoms with Crippen molar-refractivity contribution in [3.8, 4) is 0 Å². The van der Waals surface area contributed by atoms with Crippen LogP contribution in [0.3, 0.4) is 0 Å². The number of amides is 1. The number of rotatable bonds is 8. The van der Waals surface area contributed by atoms with E-state index in [4.69, 9.17) is 11.5 Å². The van der Waals surface area contributed by atoms with Crippen LogP contribution >= 0.6 is 0 Å². The molecule has 2 aromatic rings. The van der Waals surface area contributed by atoms with Gasteiger partial charge in [-0.15, -0.1) is 0 Å². The Morgan fingerprint density at radius 2 is 1.61 bits per heavy atom. The number of benzene rings is 2. The number of hydrogen-bond donors (Lipinski definition) is 4. The first kappa shape index (κ1) is 22.0. The Morgan fingerprint density at radius 1 is 1.04 bits per heavy atom. The molecule has 0 aliphatic carbocycles. The highest BCUT2D eigenvalue weighted by Gasteiger charge is 2.27. The number of aryl methyl sites for hydroxylation is 3. The summed E-state index contributed by atoms with van der Waals surface area (Å²) in [4.78, 5) is 12.7. The Balaban J connectivity index is 2.17. The Kier molecular flexibility index (Phi) is 7.31. The van der Waals surface area contributed by atoms with E-state index in [2.05, 4.69) is 10.0 Å². The summed E-state index contributed by atoms with van der Waals surface area (Å²) in [6.07, 6.45) is 0.745. The fourth-order valence-corrected chi connectivity index (χ4v) is 4.86. The van der Waals surface area contributed by atoms with E-state index < -0.39 is 22.0 Å². The third-order valence-electron chi connectivity index (χ3n) is 4.38. The topological polar surface area (TPSA) is 127 Å². The molecule has 152 valence electrons. The van der Waals surface area contributed by atoms with Gasteiger partial charge in [-0.25, -0.2) is 8.42 Å². The molecule has 0 spiro atoms. The van der Waals surface area contributed by atoms with Crippen molar-refractivity contribution in [2.45, 2.75) is 38.1 Å². The lowest BCUT2D eigenvalue weighted by atomic mass is 10.1. The monoisotopic (exact) mass is 404 g/mol. The third-order valence-corrected chi connectivity index (χ3v) is 6.15. The highest BCUT2D eigenvalue weighted by atomic mass is 32.2. The second-order valence-corrected chi connectivity index (χ2v) is 8.51. The molecule has 0 aliphatic heterocycles. The van der Waals surface area contributed by atoms with Crippen LogP contribution < -0.4 is 21.5 Å². The van der Waals surface area contributed by atoms with E-state index in [0.717, 1.165) is 17.5 Å². The first-order valence-corrected chi connectivity index (χ1v) is 10.6. The van der Waals surface area contributed by atoms with Crippen molar-refractivity contribution in [3.63, 3.8) is 0 Å². The van der Waals surface area contributed by atoms with Crippen molar-refractivity contribution in [2.24, 2.45) is 11.5 Å². The van der Waals surface area contributed by atoms with Gasteiger partial charge in [0.2, 0.25) is 15.9 Å². The van der Waals surface area contributed by atoms with E-state index in [1.165, 1.54) is 0 Å². The summed E-state index contributed by atoms with van der Waals surface area (Å²) in [6, 6.07) is 9.73. The largest absolute Gasteiger partial charge is 0.330 e. The van der Waals surface area contributed by atoms with Gasteiger partial charge in [0.05, 0.1) is 4.90 Å². The molecule has 0 aromatic heterocycles. The molecule has 6 N–H and O–H groups in total. The molecule has 28 heavy (non-hydrogen) atoms. The quantitative estimate of drug-likeness (QED) is 0.528. The maximum Gasteiger partial charge on any atom is 0.243 e. The molecule has 1 unspecified atom stereocenters. The van der Waals surface area contributed by atoms with Gasteiger partial charge in [-0.3, -0.25) is 4.79 Å². The van der Waals surface area contributed by atoms with E-state index in [1.807, 2.05) is 19.1 Å². The van der Waals surface area contributed by atoms with Gasteiger partial charge in [0.15, 0.2) is 0 Å². The van der Waals surface area contributed by atoms with Gasteiger partial charge < -0.3 is 16.8 Å². The van der Waals surface area contributed by atoms with Crippen LogP contribution in [-0.2, 0) is 21.2 Å². The minimum atomic E-state index is -3.91. The zero-order chi connectivity index (χ0) is 20.9. The van der Waals surface area contributed by atoms with E-state index in [9.17, 15) is 13.2 Å². The number of anilines is 1. The summed E-state index contributed by atoms with van der Waals surface area (Å²) in [5.41, 5.74) is 15.0. The molecule has 0 saturated heterocycles. The summed E-state index contributed by atoms with van der Waals surface area (Å²) in [6.45, 7) is 5.74. The Hall–Kier alpha value is -2.26. The normalized spacial score (nSPS) is 12.6. The van der Waals surface area contributed by atoms with Crippen LogP contribution in [0.5, 0.6) is 0 Å². The predicted octanol–water partition coefficient (Wildman–Crippen LogP) is 1.36. The number of carbonyl (C=O) groups is 1. The lowest BCUT2D eigenvalue weighted by molar-refractivity contribution is -0.117. The molecule has 0 heterocycles. The summed E-state index contributed by atoms with van der Waals surface area (Å²) in [7, 11) is -3.91. The summed E-state index contributed by atoms with van der Waals surface area (Å²) < 4.78 is 28.2. The van der Waals surface area contributed by atoms with Gasteiger partial charge in [-0.2, -0.15) is 4.72 Å². The molecule has 1 atom stereocenters. The number of sulfonamides is 1. The minimum absolute atomic E-state index is 0.166. The molecular weight excluding hydrogens is 376 g/mol. The fraction of sp³-hybridized carbons (Fsp3) is 0.350. The third kappa shape index (κ3) is 5.39. The second kappa shape index (κ2) is 9.29. The highest BCUT2D eigenvalue weighted by Crippen LogP contribution is 2.22. The SMILES string of the molecule is Cc1cc(C)c(S(=O)(=O)NC(CN)C(=O)Nc2ccc(CCN)cc2)c(C)c1. The molecular formula is C20H28N4O3S. The Labute approximate surface area is 166 Å². The van der Waals surface area contributed by atoms with Crippen molar-refractivity contribution in [2.75, 3.05) is 18.4 Å². The number of carbonyl (C=O) groups excluding carboxylic acids is 1. The fourth-order valence-electron chi connectivity index (χ4n) is 3.20. The molecule has 8 heteroatoms. The molecule has 0 saturated carbocycles. The lowest BCUT2D eigenvalue weighted by Gasteiger charge is -2.19. The van der Waals surface area contributed by atoms with Crippen molar-refractivity contribution < 1.29 is 13.2 Å². The van der Waals surface area contributed by atoms with E-state index >= 15 is 0 Å². The lowest BCUT2D eigenvalue weighted by Crippen LogP contribution is -2.48. The molecule has 0 aliphatic rings. The Bertz CT molecular complexity index is 917. The van der Waals surface area contributed by atoms with Crippen molar-refractivity contribution in [1.82, 2.24) is 4.72 Å². The van der Waals surface area contributed by atoms with Gasteiger partial charge in [0.25, 0.3) is 0 Å².